The Kier molecular flexibility index (Phi) is 4.22. The number of phenols is 2. The number of ketones is 2. The third kappa shape index (κ3) is 2.52. The van der Waals surface area contributed by atoms with E-state index >= 15 is 0 Å². The van der Waals surface area contributed by atoms with Crippen molar-refractivity contribution < 1.29 is 38.4 Å². The number of carbonyl (C=O) groups excluding carboxylic acids is 2. The normalized spacial score (nSPS) is 23.9. The van der Waals surface area contributed by atoms with Crippen molar-refractivity contribution in [2.75, 3.05) is 5.75 Å². The fraction of sp³-hybridized carbons (Fsp3) is 0.391. The fourth-order valence-corrected chi connectivity index (χ4v) is 7.20. The van der Waals surface area contributed by atoms with Crippen molar-refractivity contribution in [1.29, 1.82) is 0 Å². The van der Waals surface area contributed by atoms with Gasteiger partial charge in [-0.1, -0.05) is 0 Å². The van der Waals surface area contributed by atoms with Gasteiger partial charge in [0.2, 0.25) is 0 Å². The number of hydrogen-bond donors (Lipinski definition) is 4. The van der Waals surface area contributed by atoms with Crippen LogP contribution in [-0.2, 0) is 29.1 Å². The first-order valence-corrected chi connectivity index (χ1v) is 12.0. The Bertz CT molecular complexity index is 1370. The van der Waals surface area contributed by atoms with Gasteiger partial charge in [-0.25, -0.2) is 8.42 Å². The minimum absolute atomic E-state index is 0.0156. The van der Waals surface area contributed by atoms with Crippen molar-refractivity contribution >= 4 is 21.4 Å². The summed E-state index contributed by atoms with van der Waals surface area (Å²) >= 11 is 0. The molecule has 2 aromatic carbocycles. The first-order valence-electron chi connectivity index (χ1n) is 10.4. The second-order valence-corrected chi connectivity index (χ2v) is 11.1. The van der Waals surface area contributed by atoms with Crippen LogP contribution in [0.3, 0.4) is 0 Å². The molecule has 0 fully saturated rings. The number of aliphatic hydroxyl groups is 2. The van der Waals surface area contributed by atoms with E-state index in [0.717, 1.165) is 0 Å². The average Bonchev–Trinajstić information content (AvgIpc) is 3.04. The highest BCUT2D eigenvalue weighted by Crippen LogP contribution is 2.49. The summed E-state index contributed by atoms with van der Waals surface area (Å²) in [5.41, 5.74) is -1.29. The van der Waals surface area contributed by atoms with Crippen molar-refractivity contribution in [3.63, 3.8) is 0 Å². The first kappa shape index (κ1) is 21.1. The molecule has 2 atom stereocenters. The minimum atomic E-state index is -3.58. The highest BCUT2D eigenvalue weighted by molar-refractivity contribution is 7.91. The van der Waals surface area contributed by atoms with E-state index in [1.165, 1.54) is 13.0 Å². The molecule has 2 aliphatic carbocycles. The van der Waals surface area contributed by atoms with Gasteiger partial charge >= 0.3 is 0 Å². The molecule has 0 saturated carbocycles. The van der Waals surface area contributed by atoms with Crippen LogP contribution in [0.15, 0.2) is 11.0 Å². The molecule has 4 N–H and O–H groups in total. The number of fused-ring (bicyclic) bond motifs is 5. The molecule has 0 saturated heterocycles. The van der Waals surface area contributed by atoms with Gasteiger partial charge in [-0.05, 0) is 50.3 Å². The Labute approximate surface area is 184 Å². The van der Waals surface area contributed by atoms with Crippen molar-refractivity contribution in [2.45, 2.75) is 56.1 Å². The molecule has 0 amide bonds. The zero-order chi connectivity index (χ0) is 23.3. The van der Waals surface area contributed by atoms with Crippen molar-refractivity contribution in [3.05, 3.63) is 50.6 Å². The van der Waals surface area contributed by atoms with Crippen molar-refractivity contribution in [3.8, 4) is 11.5 Å². The molecule has 8 nitrogen and oxygen atoms in total. The average molecular weight is 458 g/mol. The maximum Gasteiger partial charge on any atom is 0.198 e. The maximum absolute atomic E-state index is 13.6. The molecular formula is C23H22O8S. The lowest BCUT2D eigenvalue weighted by Gasteiger charge is -2.37. The molecule has 0 bridgehead atoms. The Morgan fingerprint density at radius 1 is 0.969 bits per heavy atom. The summed E-state index contributed by atoms with van der Waals surface area (Å²) in [6.45, 7) is 2.98. The van der Waals surface area contributed by atoms with Crippen LogP contribution in [0.1, 0.15) is 67.4 Å². The summed E-state index contributed by atoms with van der Waals surface area (Å²) in [5.74, 6) is -2.50. The maximum atomic E-state index is 13.6. The predicted molar refractivity (Wildman–Crippen MR) is 112 cm³/mol. The number of carbonyl (C=O) groups is 2. The molecule has 0 unspecified atom stereocenters. The summed E-state index contributed by atoms with van der Waals surface area (Å²) < 4.78 is 25.0. The monoisotopic (exact) mass is 458 g/mol. The molecule has 0 spiro atoms. The third-order valence-corrected chi connectivity index (χ3v) is 9.08. The molecule has 0 radical (unpaired) electrons. The second-order valence-electron chi connectivity index (χ2n) is 9.01. The summed E-state index contributed by atoms with van der Waals surface area (Å²) in [7, 11) is -3.58. The highest BCUT2D eigenvalue weighted by Gasteiger charge is 2.45. The van der Waals surface area contributed by atoms with Crippen LogP contribution in [0.2, 0.25) is 0 Å². The van der Waals surface area contributed by atoms with Crippen LogP contribution in [0.25, 0.3) is 0 Å². The van der Waals surface area contributed by atoms with Crippen LogP contribution in [0, 0.1) is 6.92 Å². The van der Waals surface area contributed by atoms with Crippen LogP contribution in [0.4, 0.5) is 0 Å². The molecule has 32 heavy (non-hydrogen) atoms. The number of rotatable bonds is 1. The van der Waals surface area contributed by atoms with Gasteiger partial charge in [0.15, 0.2) is 21.4 Å². The lowest BCUT2D eigenvalue weighted by molar-refractivity contribution is -0.0748. The van der Waals surface area contributed by atoms with Gasteiger partial charge < -0.3 is 20.4 Å². The van der Waals surface area contributed by atoms with Gasteiger partial charge in [0.25, 0.3) is 0 Å². The zero-order valence-corrected chi connectivity index (χ0v) is 18.3. The molecule has 0 aromatic heterocycles. The van der Waals surface area contributed by atoms with E-state index in [1.54, 1.807) is 6.92 Å². The number of sulfone groups is 1. The highest BCUT2D eigenvalue weighted by atomic mass is 32.2. The summed E-state index contributed by atoms with van der Waals surface area (Å²) in [4.78, 5) is 27.0. The number of aryl methyl sites for hydroxylation is 1. The Morgan fingerprint density at radius 3 is 2.25 bits per heavy atom. The van der Waals surface area contributed by atoms with Gasteiger partial charge in [0.05, 0.1) is 33.5 Å². The van der Waals surface area contributed by atoms with Gasteiger partial charge in [-0.15, -0.1) is 0 Å². The van der Waals surface area contributed by atoms with Crippen LogP contribution in [0.5, 0.6) is 11.5 Å². The Morgan fingerprint density at radius 2 is 1.59 bits per heavy atom. The third-order valence-electron chi connectivity index (χ3n) is 7.15. The van der Waals surface area contributed by atoms with Crippen LogP contribution < -0.4 is 0 Å². The summed E-state index contributed by atoms with van der Waals surface area (Å²) in [5, 5.41) is 42.7. The second kappa shape index (κ2) is 6.40. The van der Waals surface area contributed by atoms with E-state index in [4.69, 9.17) is 0 Å². The topological polar surface area (TPSA) is 149 Å². The van der Waals surface area contributed by atoms with Gasteiger partial charge in [-0.2, -0.15) is 0 Å². The van der Waals surface area contributed by atoms with E-state index in [9.17, 15) is 38.4 Å². The van der Waals surface area contributed by atoms with E-state index in [2.05, 4.69) is 0 Å². The fourth-order valence-electron chi connectivity index (χ4n) is 5.40. The predicted octanol–water partition coefficient (Wildman–Crippen LogP) is 1.11. The van der Waals surface area contributed by atoms with E-state index in [-0.39, 0.29) is 75.3 Å². The summed E-state index contributed by atoms with van der Waals surface area (Å²) in [6.07, 6.45) is -1.05. The number of aliphatic hydroxyl groups excluding tert-OH is 1. The lowest BCUT2D eigenvalue weighted by atomic mass is 9.72. The Hall–Kier alpha value is -2.75. The van der Waals surface area contributed by atoms with Crippen LogP contribution >= 0.6 is 0 Å². The minimum Gasteiger partial charge on any atom is -0.507 e. The molecular weight excluding hydrogens is 436 g/mol. The smallest absolute Gasteiger partial charge is 0.198 e. The summed E-state index contributed by atoms with van der Waals surface area (Å²) in [6, 6.07) is 1.36. The number of phenolic OH excluding ortho intramolecular Hbond substituents is 2. The quantitative estimate of drug-likeness (QED) is 0.396. The molecule has 2 aromatic rings. The molecule has 3 aliphatic rings. The first-order chi connectivity index (χ1) is 14.9. The number of benzene rings is 2. The van der Waals surface area contributed by atoms with Gasteiger partial charge in [-0.3, -0.25) is 9.59 Å². The van der Waals surface area contributed by atoms with Crippen LogP contribution in [-0.4, -0.2) is 57.9 Å². The molecule has 5 rings (SSSR count). The number of hydrogen-bond acceptors (Lipinski definition) is 8. The van der Waals surface area contributed by atoms with Crippen molar-refractivity contribution in [1.82, 2.24) is 0 Å². The molecule has 1 aliphatic heterocycles. The van der Waals surface area contributed by atoms with Crippen molar-refractivity contribution in [2.24, 2.45) is 0 Å². The van der Waals surface area contributed by atoms with Gasteiger partial charge in [0, 0.05) is 28.7 Å². The molecule has 1 heterocycles. The molecule has 9 heteroatoms. The van der Waals surface area contributed by atoms with E-state index < -0.39 is 44.6 Å². The molecule has 168 valence electrons. The SMILES string of the molecule is Cc1cc2c(c3c1S(=O)(=O)CC3)C(=O)c1c(O)c3c(c(O)c1C2=O)CC[C@](O)([C@@H](C)O)C3. The largest absolute Gasteiger partial charge is 0.507 e. The number of aromatic hydroxyl groups is 2. The Balaban J connectivity index is 1.80. The van der Waals surface area contributed by atoms with Gasteiger partial charge in [0.1, 0.15) is 11.5 Å². The van der Waals surface area contributed by atoms with E-state index in [0.29, 0.717) is 5.56 Å². The zero-order valence-electron chi connectivity index (χ0n) is 17.5. The standard InChI is InChI=1S/C23H22O8S/c1-9-7-13-15(12-4-6-32(30,31)22(9)12)21(28)17-16(19(13)26)18(25)11-3-5-23(29,10(2)24)8-14(11)20(17)27/h7,10,24-25,27,29H,3-6,8H2,1-2H3/t10-,23-/m1/s1. The lowest BCUT2D eigenvalue weighted by Crippen LogP contribution is -2.45. The van der Waals surface area contributed by atoms with E-state index in [1.807, 2.05) is 0 Å².